The maximum absolute atomic E-state index is 10.3. The number of piperidine rings is 1. The predicted molar refractivity (Wildman–Crippen MR) is 55.1 cm³/mol. The molecule has 4 heteroatoms. The third-order valence-corrected chi connectivity index (χ3v) is 2.59. The number of aliphatic carboxylic acids is 1. The molecule has 0 spiro atoms. The van der Waals surface area contributed by atoms with Crippen LogP contribution in [-0.2, 0) is 4.79 Å². The minimum Gasteiger partial charge on any atom is -0.478 e. The van der Waals surface area contributed by atoms with Gasteiger partial charge in [0.1, 0.15) is 0 Å². The lowest BCUT2D eigenvalue weighted by Crippen LogP contribution is -2.42. The molecule has 1 unspecified atom stereocenters. The molecule has 1 fully saturated rings. The topological polar surface area (TPSA) is 43.8 Å². The molecule has 0 amide bonds. The standard InChI is InChI=1S/C10H18N2O2/c1-11(2)9-4-3-6-12(8-9)7-5-10(13)14/h5,7,9H,3-4,6,8H2,1-2H3,(H,13,14). The van der Waals surface area contributed by atoms with Gasteiger partial charge in [-0.1, -0.05) is 0 Å². The third-order valence-electron chi connectivity index (χ3n) is 2.59. The smallest absolute Gasteiger partial charge is 0.329 e. The van der Waals surface area contributed by atoms with Crippen LogP contribution in [0.15, 0.2) is 12.3 Å². The van der Waals surface area contributed by atoms with E-state index in [1.165, 1.54) is 12.5 Å². The Kier molecular flexibility index (Phi) is 3.95. The molecule has 1 aliphatic heterocycles. The quantitative estimate of drug-likeness (QED) is 0.675. The van der Waals surface area contributed by atoms with Gasteiger partial charge < -0.3 is 14.9 Å². The third kappa shape index (κ3) is 3.38. The highest BCUT2D eigenvalue weighted by Gasteiger charge is 2.18. The van der Waals surface area contributed by atoms with Gasteiger partial charge in [-0.2, -0.15) is 0 Å². The lowest BCUT2D eigenvalue weighted by Gasteiger charge is -2.35. The highest BCUT2D eigenvalue weighted by molar-refractivity contribution is 5.79. The summed E-state index contributed by atoms with van der Waals surface area (Å²) in [5.41, 5.74) is 0. The van der Waals surface area contributed by atoms with E-state index < -0.39 is 5.97 Å². The fourth-order valence-electron chi connectivity index (χ4n) is 1.71. The monoisotopic (exact) mass is 198 g/mol. The summed E-state index contributed by atoms with van der Waals surface area (Å²) in [5.74, 6) is -0.878. The van der Waals surface area contributed by atoms with Gasteiger partial charge in [0.2, 0.25) is 0 Å². The van der Waals surface area contributed by atoms with Gasteiger partial charge in [-0.25, -0.2) is 4.79 Å². The highest BCUT2D eigenvalue weighted by Crippen LogP contribution is 2.13. The van der Waals surface area contributed by atoms with E-state index in [0.717, 1.165) is 19.5 Å². The molecule has 0 aliphatic carbocycles. The Labute approximate surface area is 84.8 Å². The molecule has 0 radical (unpaired) electrons. The number of carbonyl (C=O) groups is 1. The summed E-state index contributed by atoms with van der Waals surface area (Å²) in [7, 11) is 4.13. The second kappa shape index (κ2) is 5.00. The molecule has 1 aliphatic rings. The lowest BCUT2D eigenvalue weighted by atomic mass is 10.1. The van der Waals surface area contributed by atoms with Crippen LogP contribution in [0.2, 0.25) is 0 Å². The molecular formula is C10H18N2O2. The zero-order chi connectivity index (χ0) is 10.6. The first-order valence-corrected chi connectivity index (χ1v) is 4.91. The van der Waals surface area contributed by atoms with Crippen LogP contribution in [0.1, 0.15) is 12.8 Å². The normalized spacial score (nSPS) is 23.4. The van der Waals surface area contributed by atoms with Crippen molar-refractivity contribution < 1.29 is 9.90 Å². The second-order valence-electron chi connectivity index (χ2n) is 3.91. The van der Waals surface area contributed by atoms with Crippen LogP contribution in [0.5, 0.6) is 0 Å². The summed E-state index contributed by atoms with van der Waals surface area (Å²) in [6.07, 6.45) is 5.22. The van der Waals surface area contributed by atoms with E-state index >= 15 is 0 Å². The van der Waals surface area contributed by atoms with E-state index in [1.807, 2.05) is 0 Å². The van der Waals surface area contributed by atoms with E-state index in [2.05, 4.69) is 23.9 Å². The molecule has 4 nitrogen and oxygen atoms in total. The number of hydrogen-bond acceptors (Lipinski definition) is 3. The fraction of sp³-hybridized carbons (Fsp3) is 0.700. The van der Waals surface area contributed by atoms with E-state index in [4.69, 9.17) is 5.11 Å². The minimum absolute atomic E-state index is 0.544. The van der Waals surface area contributed by atoms with Crippen molar-refractivity contribution in [3.8, 4) is 0 Å². The lowest BCUT2D eigenvalue weighted by molar-refractivity contribution is -0.131. The first-order valence-electron chi connectivity index (χ1n) is 4.91. The van der Waals surface area contributed by atoms with Gasteiger partial charge in [-0.3, -0.25) is 0 Å². The average molecular weight is 198 g/mol. The van der Waals surface area contributed by atoms with Crippen LogP contribution in [0.3, 0.4) is 0 Å². The summed E-state index contributed by atoms with van der Waals surface area (Å²) in [4.78, 5) is 14.6. The number of likely N-dealkylation sites (N-methyl/N-ethyl adjacent to an activating group) is 1. The van der Waals surface area contributed by atoms with E-state index in [9.17, 15) is 4.79 Å². The van der Waals surface area contributed by atoms with Crippen molar-refractivity contribution >= 4 is 5.97 Å². The van der Waals surface area contributed by atoms with E-state index in [-0.39, 0.29) is 0 Å². The predicted octanol–water partition coefficient (Wildman–Crippen LogP) is 0.611. The molecule has 0 aromatic rings. The number of carboxylic acids is 1. The van der Waals surface area contributed by atoms with Crippen molar-refractivity contribution in [3.05, 3.63) is 12.3 Å². The van der Waals surface area contributed by atoms with Crippen molar-refractivity contribution in [1.82, 2.24) is 9.80 Å². The largest absolute Gasteiger partial charge is 0.478 e. The number of likely N-dealkylation sites (tertiary alicyclic amines) is 1. The molecule has 1 atom stereocenters. The van der Waals surface area contributed by atoms with Crippen LogP contribution in [0.4, 0.5) is 0 Å². The molecule has 14 heavy (non-hydrogen) atoms. The van der Waals surface area contributed by atoms with Crippen molar-refractivity contribution in [3.63, 3.8) is 0 Å². The molecule has 80 valence electrons. The van der Waals surface area contributed by atoms with Crippen LogP contribution >= 0.6 is 0 Å². The summed E-state index contributed by atoms with van der Waals surface area (Å²) < 4.78 is 0. The molecule has 1 rings (SSSR count). The molecule has 0 aromatic carbocycles. The summed E-state index contributed by atoms with van der Waals surface area (Å²) in [6.45, 7) is 1.89. The van der Waals surface area contributed by atoms with Crippen LogP contribution in [0, 0.1) is 0 Å². The Morgan fingerprint density at radius 1 is 1.57 bits per heavy atom. The number of rotatable bonds is 3. The number of hydrogen-bond donors (Lipinski definition) is 1. The molecule has 1 heterocycles. The Balaban J connectivity index is 2.44. The van der Waals surface area contributed by atoms with Gasteiger partial charge >= 0.3 is 5.97 Å². The van der Waals surface area contributed by atoms with Gasteiger partial charge in [0.15, 0.2) is 0 Å². The van der Waals surface area contributed by atoms with Crippen molar-refractivity contribution in [1.29, 1.82) is 0 Å². The molecule has 1 saturated heterocycles. The van der Waals surface area contributed by atoms with E-state index in [0.29, 0.717) is 6.04 Å². The highest BCUT2D eigenvalue weighted by atomic mass is 16.4. The maximum atomic E-state index is 10.3. The fourth-order valence-corrected chi connectivity index (χ4v) is 1.71. The SMILES string of the molecule is CN(C)C1CCCN(C=CC(=O)O)C1. The average Bonchev–Trinajstić information content (AvgIpc) is 2.15. The van der Waals surface area contributed by atoms with Crippen molar-refractivity contribution in [2.45, 2.75) is 18.9 Å². The zero-order valence-corrected chi connectivity index (χ0v) is 8.81. The number of carboxylic acid groups (broad SMARTS) is 1. The van der Waals surface area contributed by atoms with Gasteiger partial charge in [-0.15, -0.1) is 0 Å². The zero-order valence-electron chi connectivity index (χ0n) is 8.81. The molecule has 0 aromatic heterocycles. The molecule has 0 bridgehead atoms. The first kappa shape index (κ1) is 11.0. The maximum Gasteiger partial charge on any atom is 0.329 e. The summed E-state index contributed by atoms with van der Waals surface area (Å²) >= 11 is 0. The van der Waals surface area contributed by atoms with Gasteiger partial charge in [0, 0.05) is 31.4 Å². The Bertz CT molecular complexity index is 226. The summed E-state index contributed by atoms with van der Waals surface area (Å²) in [5, 5.41) is 8.50. The second-order valence-corrected chi connectivity index (χ2v) is 3.91. The number of nitrogens with zero attached hydrogens (tertiary/aromatic N) is 2. The molecule has 1 N–H and O–H groups in total. The Morgan fingerprint density at radius 2 is 2.29 bits per heavy atom. The Morgan fingerprint density at radius 3 is 2.86 bits per heavy atom. The van der Waals surface area contributed by atoms with Crippen LogP contribution in [-0.4, -0.2) is 54.1 Å². The molecule has 0 saturated carbocycles. The van der Waals surface area contributed by atoms with Gasteiger partial charge in [0.25, 0.3) is 0 Å². The van der Waals surface area contributed by atoms with Gasteiger partial charge in [-0.05, 0) is 26.9 Å². The van der Waals surface area contributed by atoms with Crippen molar-refractivity contribution in [2.24, 2.45) is 0 Å². The molecular weight excluding hydrogens is 180 g/mol. The summed E-state index contributed by atoms with van der Waals surface area (Å²) in [6, 6.07) is 0.544. The Hall–Kier alpha value is -1.03. The van der Waals surface area contributed by atoms with Crippen molar-refractivity contribution in [2.75, 3.05) is 27.2 Å². The minimum atomic E-state index is -0.878. The van der Waals surface area contributed by atoms with E-state index in [1.54, 1.807) is 6.20 Å². The van der Waals surface area contributed by atoms with Crippen LogP contribution in [0.25, 0.3) is 0 Å². The van der Waals surface area contributed by atoms with Crippen LogP contribution < -0.4 is 0 Å². The van der Waals surface area contributed by atoms with Gasteiger partial charge in [0.05, 0.1) is 0 Å². The first-order chi connectivity index (χ1) is 6.59.